The molecule has 1 aromatic heterocycles. The smallest absolute Gasteiger partial charge is 0.264 e. The number of aromatic nitrogens is 2. The van der Waals surface area contributed by atoms with Crippen molar-refractivity contribution in [3.05, 3.63) is 23.8 Å². The topological polar surface area (TPSA) is 78.4 Å². The van der Waals surface area contributed by atoms with Gasteiger partial charge in [0.05, 0.1) is 18.5 Å². The third-order valence-electron chi connectivity index (χ3n) is 3.55. The van der Waals surface area contributed by atoms with Gasteiger partial charge in [0, 0.05) is 36.9 Å². The molecule has 7 heteroatoms. The quantitative estimate of drug-likeness (QED) is 0.785. The first-order valence-electron chi connectivity index (χ1n) is 6.83. The van der Waals surface area contributed by atoms with Crippen LogP contribution in [-0.4, -0.2) is 37.4 Å². The Morgan fingerprint density at radius 3 is 2.55 bits per heavy atom. The molecule has 0 radical (unpaired) electrons. The molecule has 1 aliphatic heterocycles. The van der Waals surface area contributed by atoms with Crippen LogP contribution in [0.3, 0.4) is 0 Å². The van der Waals surface area contributed by atoms with E-state index in [2.05, 4.69) is 9.97 Å². The highest BCUT2D eigenvalue weighted by atomic mass is 32.2. The first-order valence-corrected chi connectivity index (χ1v) is 8.64. The van der Waals surface area contributed by atoms with Gasteiger partial charge < -0.3 is 4.74 Å². The summed E-state index contributed by atoms with van der Waals surface area (Å²) < 4.78 is 33.1. The zero-order valence-corrected chi connectivity index (χ0v) is 12.2. The molecule has 20 heavy (non-hydrogen) atoms. The normalized spacial score (nSPS) is 27.4. The van der Waals surface area contributed by atoms with Crippen molar-refractivity contribution < 1.29 is 17.3 Å². The highest BCUT2D eigenvalue weighted by Crippen LogP contribution is 2.38. The minimum Gasteiger partial charge on any atom is -0.373 e. The Morgan fingerprint density at radius 2 is 1.95 bits per heavy atom. The zero-order chi connectivity index (χ0) is 14.2. The van der Waals surface area contributed by atoms with Crippen molar-refractivity contribution >= 4 is 10.1 Å². The Hall–Kier alpha value is -1.05. The molecule has 3 rings (SSSR count). The molecule has 6 nitrogen and oxygen atoms in total. The van der Waals surface area contributed by atoms with Crippen LogP contribution in [0, 0.1) is 0 Å². The standard InChI is InChI=1S/C13H18N2O4S/c1-20(16,17)19-11-4-5-18-12(6-11)10-7-14-13(15-8-10)9-2-3-9/h7-9,11-12H,2-6H2,1H3/t11?,12-/m1/s1. The number of hydrogen-bond acceptors (Lipinski definition) is 6. The molecule has 1 aliphatic carbocycles. The fourth-order valence-corrected chi connectivity index (χ4v) is 3.07. The van der Waals surface area contributed by atoms with E-state index in [0.717, 1.165) is 17.6 Å². The van der Waals surface area contributed by atoms with Crippen LogP contribution in [0.15, 0.2) is 12.4 Å². The molecule has 1 aromatic rings. The van der Waals surface area contributed by atoms with Gasteiger partial charge in [-0.15, -0.1) is 0 Å². The van der Waals surface area contributed by atoms with Crippen molar-refractivity contribution in [2.45, 2.75) is 43.8 Å². The van der Waals surface area contributed by atoms with Crippen LogP contribution in [0.25, 0.3) is 0 Å². The third kappa shape index (κ3) is 3.53. The van der Waals surface area contributed by atoms with E-state index in [4.69, 9.17) is 8.92 Å². The Morgan fingerprint density at radius 1 is 1.25 bits per heavy atom. The van der Waals surface area contributed by atoms with Crippen LogP contribution in [0.1, 0.15) is 49.1 Å². The summed E-state index contributed by atoms with van der Waals surface area (Å²) in [5, 5.41) is 0. The van der Waals surface area contributed by atoms with Gasteiger partial charge in [-0.2, -0.15) is 8.42 Å². The molecule has 0 N–H and O–H groups in total. The second kappa shape index (κ2) is 5.38. The average Bonchev–Trinajstić information content (AvgIpc) is 3.21. The van der Waals surface area contributed by atoms with Gasteiger partial charge in [0.25, 0.3) is 10.1 Å². The highest BCUT2D eigenvalue weighted by molar-refractivity contribution is 7.86. The van der Waals surface area contributed by atoms with Gasteiger partial charge in [0.1, 0.15) is 5.82 Å². The molecule has 1 saturated carbocycles. The fraction of sp³-hybridized carbons (Fsp3) is 0.692. The van der Waals surface area contributed by atoms with Gasteiger partial charge in [-0.25, -0.2) is 9.97 Å². The summed E-state index contributed by atoms with van der Waals surface area (Å²) in [6, 6.07) is 0. The molecule has 1 saturated heterocycles. The molecule has 1 unspecified atom stereocenters. The lowest BCUT2D eigenvalue weighted by molar-refractivity contribution is -0.0345. The predicted octanol–water partition coefficient (Wildman–Crippen LogP) is 1.55. The zero-order valence-electron chi connectivity index (χ0n) is 11.4. The highest BCUT2D eigenvalue weighted by Gasteiger charge is 2.29. The van der Waals surface area contributed by atoms with E-state index in [1.807, 2.05) is 0 Å². The van der Waals surface area contributed by atoms with Crippen molar-refractivity contribution in [3.8, 4) is 0 Å². The first kappa shape index (κ1) is 13.9. The lowest BCUT2D eigenvalue weighted by Crippen LogP contribution is -2.28. The molecule has 0 bridgehead atoms. The Balaban J connectivity index is 1.66. The second-order valence-electron chi connectivity index (χ2n) is 5.46. The minimum atomic E-state index is -3.43. The van der Waals surface area contributed by atoms with Gasteiger partial charge >= 0.3 is 0 Å². The number of nitrogens with zero attached hydrogens (tertiary/aromatic N) is 2. The number of rotatable bonds is 4. The van der Waals surface area contributed by atoms with Crippen LogP contribution in [-0.2, 0) is 19.0 Å². The Kier molecular flexibility index (Phi) is 3.74. The van der Waals surface area contributed by atoms with Crippen molar-refractivity contribution in [3.63, 3.8) is 0 Å². The summed E-state index contributed by atoms with van der Waals surface area (Å²) in [5.41, 5.74) is 0.885. The van der Waals surface area contributed by atoms with E-state index >= 15 is 0 Å². The molecule has 0 spiro atoms. The molecule has 110 valence electrons. The van der Waals surface area contributed by atoms with E-state index in [1.165, 1.54) is 12.8 Å². The molecular weight excluding hydrogens is 280 g/mol. The molecule has 2 heterocycles. The second-order valence-corrected chi connectivity index (χ2v) is 7.06. The van der Waals surface area contributed by atoms with Gasteiger partial charge in [0.15, 0.2) is 0 Å². The summed E-state index contributed by atoms with van der Waals surface area (Å²) in [6.45, 7) is 0.481. The summed E-state index contributed by atoms with van der Waals surface area (Å²) in [5.74, 6) is 1.42. The Labute approximate surface area is 118 Å². The molecule has 0 amide bonds. The summed E-state index contributed by atoms with van der Waals surface area (Å²) in [7, 11) is -3.43. The van der Waals surface area contributed by atoms with E-state index in [0.29, 0.717) is 25.4 Å². The van der Waals surface area contributed by atoms with Crippen LogP contribution < -0.4 is 0 Å². The monoisotopic (exact) mass is 298 g/mol. The van der Waals surface area contributed by atoms with Gasteiger partial charge in [-0.1, -0.05) is 0 Å². The summed E-state index contributed by atoms with van der Waals surface area (Å²) in [6.07, 6.45) is 7.57. The number of hydrogen-bond donors (Lipinski definition) is 0. The van der Waals surface area contributed by atoms with Crippen LogP contribution >= 0.6 is 0 Å². The molecular formula is C13H18N2O4S. The maximum Gasteiger partial charge on any atom is 0.264 e. The lowest BCUT2D eigenvalue weighted by atomic mass is 10.0. The van der Waals surface area contributed by atoms with E-state index in [1.54, 1.807) is 12.4 Å². The Bertz CT molecular complexity index is 569. The molecule has 2 fully saturated rings. The van der Waals surface area contributed by atoms with E-state index in [9.17, 15) is 8.42 Å². The third-order valence-corrected chi connectivity index (χ3v) is 4.17. The van der Waals surface area contributed by atoms with Crippen molar-refractivity contribution in [1.29, 1.82) is 0 Å². The maximum atomic E-state index is 11.2. The molecule has 0 aromatic carbocycles. The summed E-state index contributed by atoms with van der Waals surface area (Å²) >= 11 is 0. The number of ether oxygens (including phenoxy) is 1. The van der Waals surface area contributed by atoms with Crippen LogP contribution in [0.4, 0.5) is 0 Å². The lowest BCUT2D eigenvalue weighted by Gasteiger charge is -2.28. The minimum absolute atomic E-state index is 0.191. The largest absolute Gasteiger partial charge is 0.373 e. The SMILES string of the molecule is CS(=O)(=O)OC1CCO[C@@H](c2cnc(C3CC3)nc2)C1. The average molecular weight is 298 g/mol. The first-order chi connectivity index (χ1) is 9.51. The molecule has 2 atom stereocenters. The van der Waals surface area contributed by atoms with Crippen molar-refractivity contribution in [2.24, 2.45) is 0 Å². The maximum absolute atomic E-state index is 11.2. The van der Waals surface area contributed by atoms with Gasteiger partial charge in [-0.3, -0.25) is 4.18 Å². The molecule has 2 aliphatic rings. The van der Waals surface area contributed by atoms with Gasteiger partial charge in [0.2, 0.25) is 0 Å². The van der Waals surface area contributed by atoms with E-state index < -0.39 is 10.1 Å². The van der Waals surface area contributed by atoms with Gasteiger partial charge in [-0.05, 0) is 19.3 Å². The van der Waals surface area contributed by atoms with E-state index in [-0.39, 0.29) is 12.2 Å². The summed E-state index contributed by atoms with van der Waals surface area (Å²) in [4.78, 5) is 8.73. The fourth-order valence-electron chi connectivity index (χ4n) is 2.40. The van der Waals surface area contributed by atoms with Crippen molar-refractivity contribution in [1.82, 2.24) is 9.97 Å². The van der Waals surface area contributed by atoms with Crippen LogP contribution in [0.2, 0.25) is 0 Å². The predicted molar refractivity (Wildman–Crippen MR) is 71.7 cm³/mol. The van der Waals surface area contributed by atoms with Crippen LogP contribution in [0.5, 0.6) is 0 Å². The van der Waals surface area contributed by atoms with Crippen molar-refractivity contribution in [2.75, 3.05) is 12.9 Å².